The molecule has 0 spiro atoms. The maximum Gasteiger partial charge on any atom is 0.239 e. The SMILES string of the molecule is O=C(CCl)Nc1c(F)cc(Br)cc1CC[C@@H]1CCO1. The van der Waals surface area contributed by atoms with E-state index in [2.05, 4.69) is 21.2 Å². The summed E-state index contributed by atoms with van der Waals surface area (Å²) in [5, 5.41) is 2.51. The summed E-state index contributed by atoms with van der Waals surface area (Å²) in [6.07, 6.45) is 2.76. The van der Waals surface area contributed by atoms with Gasteiger partial charge in [-0.15, -0.1) is 11.6 Å². The van der Waals surface area contributed by atoms with Gasteiger partial charge in [-0.05, 0) is 37.0 Å². The van der Waals surface area contributed by atoms with Crippen LogP contribution in [0.15, 0.2) is 16.6 Å². The van der Waals surface area contributed by atoms with Crippen LogP contribution in [0.5, 0.6) is 0 Å². The van der Waals surface area contributed by atoms with Crippen LogP contribution < -0.4 is 5.32 Å². The summed E-state index contributed by atoms with van der Waals surface area (Å²) >= 11 is 8.69. The molecule has 6 heteroatoms. The lowest BCUT2D eigenvalue weighted by Crippen LogP contribution is -2.27. The normalized spacial score (nSPS) is 17.9. The van der Waals surface area contributed by atoms with Crippen molar-refractivity contribution in [2.45, 2.75) is 25.4 Å². The molecule has 1 aromatic rings. The zero-order valence-electron chi connectivity index (χ0n) is 10.2. The largest absolute Gasteiger partial charge is 0.378 e. The molecule has 0 unspecified atom stereocenters. The van der Waals surface area contributed by atoms with Crippen molar-refractivity contribution in [3.63, 3.8) is 0 Å². The van der Waals surface area contributed by atoms with Gasteiger partial charge in [0.25, 0.3) is 0 Å². The minimum atomic E-state index is -0.461. The Hall–Kier alpha value is -0.650. The van der Waals surface area contributed by atoms with E-state index in [1.54, 1.807) is 0 Å². The standard InChI is InChI=1S/C13H14BrClFNO2/c14-9-5-8(1-2-10-3-4-19-10)13(11(16)6-9)17-12(18)7-15/h5-6,10H,1-4,7H2,(H,17,18)/t10-/m1/s1. The molecule has 1 N–H and O–H groups in total. The molecule has 0 bridgehead atoms. The molecule has 0 aliphatic carbocycles. The van der Waals surface area contributed by atoms with Crippen molar-refractivity contribution < 1.29 is 13.9 Å². The second kappa shape index (κ2) is 6.68. The van der Waals surface area contributed by atoms with E-state index < -0.39 is 11.7 Å². The van der Waals surface area contributed by atoms with E-state index in [9.17, 15) is 9.18 Å². The molecule has 1 amide bonds. The van der Waals surface area contributed by atoms with E-state index in [-0.39, 0.29) is 17.7 Å². The summed E-state index contributed by atoms with van der Waals surface area (Å²) in [7, 11) is 0. The first kappa shape index (κ1) is 14.8. The van der Waals surface area contributed by atoms with E-state index in [0.29, 0.717) is 10.9 Å². The molecule has 2 rings (SSSR count). The first-order valence-electron chi connectivity index (χ1n) is 6.05. The molecular formula is C13H14BrClFNO2. The van der Waals surface area contributed by atoms with Crippen LogP contribution in [0.4, 0.5) is 10.1 Å². The van der Waals surface area contributed by atoms with Crippen LogP contribution in [-0.4, -0.2) is 24.5 Å². The lowest BCUT2D eigenvalue weighted by Gasteiger charge is -2.26. The number of carbonyl (C=O) groups is 1. The predicted octanol–water partition coefficient (Wildman–Crippen LogP) is 3.49. The summed E-state index contributed by atoms with van der Waals surface area (Å²) in [4.78, 5) is 11.3. The van der Waals surface area contributed by atoms with Crippen molar-refractivity contribution in [3.05, 3.63) is 28.0 Å². The summed E-state index contributed by atoms with van der Waals surface area (Å²) < 4.78 is 19.9. The molecule has 1 heterocycles. The van der Waals surface area contributed by atoms with Crippen LogP contribution in [0.25, 0.3) is 0 Å². The highest BCUT2D eigenvalue weighted by Crippen LogP contribution is 2.28. The van der Waals surface area contributed by atoms with Crippen molar-refractivity contribution in [2.75, 3.05) is 17.8 Å². The first-order chi connectivity index (χ1) is 9.10. The molecule has 19 heavy (non-hydrogen) atoms. The Morgan fingerprint density at radius 1 is 1.58 bits per heavy atom. The van der Waals surface area contributed by atoms with Gasteiger partial charge in [-0.3, -0.25) is 4.79 Å². The molecule has 3 nitrogen and oxygen atoms in total. The van der Waals surface area contributed by atoms with Crippen molar-refractivity contribution in [1.82, 2.24) is 0 Å². The van der Waals surface area contributed by atoms with Crippen molar-refractivity contribution >= 4 is 39.1 Å². The predicted molar refractivity (Wildman–Crippen MR) is 76.1 cm³/mol. The summed E-state index contributed by atoms with van der Waals surface area (Å²) in [5.74, 6) is -1.07. The maximum atomic E-state index is 13.9. The Morgan fingerprint density at radius 3 is 2.89 bits per heavy atom. The van der Waals surface area contributed by atoms with E-state index in [1.807, 2.05) is 6.07 Å². The first-order valence-corrected chi connectivity index (χ1v) is 7.38. The van der Waals surface area contributed by atoms with Gasteiger partial charge >= 0.3 is 0 Å². The smallest absolute Gasteiger partial charge is 0.239 e. The molecule has 1 aromatic carbocycles. The number of hydrogen-bond donors (Lipinski definition) is 1. The van der Waals surface area contributed by atoms with Crippen molar-refractivity contribution in [2.24, 2.45) is 0 Å². The quantitative estimate of drug-likeness (QED) is 0.826. The molecular weight excluding hydrogens is 337 g/mol. The van der Waals surface area contributed by atoms with E-state index in [1.165, 1.54) is 6.07 Å². The summed E-state index contributed by atoms with van der Waals surface area (Å²) in [6.45, 7) is 0.799. The lowest BCUT2D eigenvalue weighted by atomic mass is 10.0. The van der Waals surface area contributed by atoms with Gasteiger partial charge in [-0.2, -0.15) is 0 Å². The Labute approximate surface area is 124 Å². The Balaban J connectivity index is 2.14. The Kier molecular flexibility index (Phi) is 5.19. The minimum absolute atomic E-state index is 0.194. The molecule has 0 aromatic heterocycles. The van der Waals surface area contributed by atoms with E-state index >= 15 is 0 Å². The fraction of sp³-hybridized carbons (Fsp3) is 0.462. The molecule has 1 aliphatic rings. The fourth-order valence-corrected chi connectivity index (χ4v) is 2.51. The average Bonchev–Trinajstić information content (AvgIpc) is 2.31. The third-order valence-corrected chi connectivity index (χ3v) is 3.75. The number of nitrogens with one attached hydrogen (secondary N) is 1. The fourth-order valence-electron chi connectivity index (χ4n) is 1.97. The van der Waals surface area contributed by atoms with Crippen LogP contribution in [0.1, 0.15) is 18.4 Å². The molecule has 0 saturated carbocycles. The van der Waals surface area contributed by atoms with Gasteiger partial charge in [0.1, 0.15) is 11.7 Å². The molecule has 104 valence electrons. The zero-order chi connectivity index (χ0) is 13.8. The van der Waals surface area contributed by atoms with Gasteiger partial charge in [0.05, 0.1) is 11.8 Å². The third-order valence-electron chi connectivity index (χ3n) is 3.05. The zero-order valence-corrected chi connectivity index (χ0v) is 12.6. The number of rotatable bonds is 5. The second-order valence-electron chi connectivity index (χ2n) is 4.42. The monoisotopic (exact) mass is 349 g/mol. The van der Waals surface area contributed by atoms with Crippen LogP contribution in [0.2, 0.25) is 0 Å². The van der Waals surface area contributed by atoms with Gasteiger partial charge in [-0.25, -0.2) is 4.39 Å². The average molecular weight is 351 g/mol. The molecule has 1 saturated heterocycles. The summed E-state index contributed by atoms with van der Waals surface area (Å²) in [5.41, 5.74) is 0.967. The Morgan fingerprint density at radius 2 is 2.32 bits per heavy atom. The van der Waals surface area contributed by atoms with Crippen molar-refractivity contribution in [3.8, 4) is 0 Å². The number of anilines is 1. The number of ether oxygens (including phenoxy) is 1. The van der Waals surface area contributed by atoms with Gasteiger partial charge in [0.15, 0.2) is 0 Å². The number of halogens is 3. The number of benzene rings is 1. The van der Waals surface area contributed by atoms with Gasteiger partial charge in [0, 0.05) is 11.1 Å². The topological polar surface area (TPSA) is 38.3 Å². The summed E-state index contributed by atoms with van der Waals surface area (Å²) in [6, 6.07) is 3.14. The minimum Gasteiger partial charge on any atom is -0.378 e. The van der Waals surface area contributed by atoms with Crippen LogP contribution >= 0.6 is 27.5 Å². The Bertz CT molecular complexity index is 480. The number of amides is 1. The second-order valence-corrected chi connectivity index (χ2v) is 5.61. The number of carbonyl (C=O) groups excluding carboxylic acids is 1. The van der Waals surface area contributed by atoms with Crippen LogP contribution in [-0.2, 0) is 16.0 Å². The molecule has 0 radical (unpaired) electrons. The number of hydrogen-bond acceptors (Lipinski definition) is 2. The number of alkyl halides is 1. The van der Waals surface area contributed by atoms with Crippen molar-refractivity contribution in [1.29, 1.82) is 0 Å². The van der Waals surface area contributed by atoms with Gasteiger partial charge in [0.2, 0.25) is 5.91 Å². The van der Waals surface area contributed by atoms with E-state index in [4.69, 9.17) is 16.3 Å². The highest BCUT2D eigenvalue weighted by Gasteiger charge is 2.19. The maximum absolute atomic E-state index is 13.9. The van der Waals surface area contributed by atoms with E-state index in [0.717, 1.165) is 25.0 Å². The molecule has 1 atom stereocenters. The van der Waals surface area contributed by atoms with Gasteiger partial charge < -0.3 is 10.1 Å². The third kappa shape index (κ3) is 3.91. The highest BCUT2D eigenvalue weighted by atomic mass is 79.9. The van der Waals surface area contributed by atoms with Crippen LogP contribution in [0, 0.1) is 5.82 Å². The molecule has 1 fully saturated rings. The highest BCUT2D eigenvalue weighted by molar-refractivity contribution is 9.10. The molecule has 1 aliphatic heterocycles. The van der Waals surface area contributed by atoms with Gasteiger partial charge in [-0.1, -0.05) is 15.9 Å². The van der Waals surface area contributed by atoms with Crippen LogP contribution in [0.3, 0.4) is 0 Å². The lowest BCUT2D eigenvalue weighted by molar-refractivity contribution is -0.113. The number of aryl methyl sites for hydroxylation is 1.